The van der Waals surface area contributed by atoms with Gasteiger partial charge in [-0.2, -0.15) is 0 Å². The van der Waals surface area contributed by atoms with E-state index in [0.29, 0.717) is 18.0 Å². The van der Waals surface area contributed by atoms with E-state index >= 15 is 0 Å². The molecule has 0 unspecified atom stereocenters. The zero-order chi connectivity index (χ0) is 16.4. The summed E-state index contributed by atoms with van der Waals surface area (Å²) in [5, 5.41) is 17.0. The highest BCUT2D eigenvalue weighted by atomic mass is 16.5. The van der Waals surface area contributed by atoms with E-state index in [9.17, 15) is 9.90 Å². The number of nitrogens with one attached hydrogen (secondary N) is 1. The summed E-state index contributed by atoms with van der Waals surface area (Å²) in [6, 6.07) is 9.31. The van der Waals surface area contributed by atoms with E-state index in [1.807, 2.05) is 38.1 Å². The van der Waals surface area contributed by atoms with Gasteiger partial charge in [-0.25, -0.2) is 0 Å². The molecule has 2 atom stereocenters. The number of carbonyl (C=O) groups excluding carboxylic acids is 1. The van der Waals surface area contributed by atoms with Crippen molar-refractivity contribution in [2.24, 2.45) is 0 Å². The van der Waals surface area contributed by atoms with Gasteiger partial charge in [-0.05, 0) is 38.7 Å². The molecule has 1 amide bonds. The molecule has 5 heteroatoms. The Balaban J connectivity index is 1.54. The molecule has 0 spiro atoms. The van der Waals surface area contributed by atoms with Crippen LogP contribution >= 0.6 is 0 Å². The highest BCUT2D eigenvalue weighted by molar-refractivity contribution is 5.92. The third-order valence-electron chi connectivity index (χ3n) is 4.16. The predicted molar refractivity (Wildman–Crippen MR) is 86.2 cm³/mol. The Kier molecular flexibility index (Phi) is 4.48. The van der Waals surface area contributed by atoms with Crippen LogP contribution in [0.5, 0.6) is 0 Å². The molecule has 0 bridgehead atoms. The Morgan fingerprint density at radius 2 is 2.09 bits per heavy atom. The first kappa shape index (κ1) is 15.7. The molecule has 1 aromatic carbocycles. The monoisotopic (exact) mass is 314 g/mol. The second kappa shape index (κ2) is 6.54. The molecule has 2 N–H and O–H groups in total. The summed E-state index contributed by atoms with van der Waals surface area (Å²) in [6.45, 7) is 3.88. The highest BCUT2D eigenvalue weighted by Gasteiger charge is 2.29. The number of rotatable bonds is 6. The summed E-state index contributed by atoms with van der Waals surface area (Å²) < 4.78 is 5.19. The number of amides is 1. The molecule has 1 aliphatic carbocycles. The van der Waals surface area contributed by atoms with Crippen LogP contribution in [0, 0.1) is 6.92 Å². The maximum atomic E-state index is 12.2. The smallest absolute Gasteiger partial charge is 0.273 e. The van der Waals surface area contributed by atoms with Gasteiger partial charge >= 0.3 is 0 Å². The topological polar surface area (TPSA) is 75.4 Å². The quantitative estimate of drug-likeness (QED) is 0.859. The number of aliphatic hydroxyl groups excluding tert-OH is 1. The van der Waals surface area contributed by atoms with Crippen LogP contribution in [-0.4, -0.2) is 22.2 Å². The maximum Gasteiger partial charge on any atom is 0.273 e. The number of aromatic nitrogens is 1. The van der Waals surface area contributed by atoms with Crippen LogP contribution in [0.25, 0.3) is 0 Å². The zero-order valence-electron chi connectivity index (χ0n) is 13.5. The normalized spacial score (nSPS) is 16.8. The first-order valence-electron chi connectivity index (χ1n) is 8.05. The van der Waals surface area contributed by atoms with Crippen LogP contribution in [0.4, 0.5) is 0 Å². The fourth-order valence-corrected chi connectivity index (χ4v) is 2.57. The van der Waals surface area contributed by atoms with Gasteiger partial charge in [0, 0.05) is 18.0 Å². The van der Waals surface area contributed by atoms with Crippen molar-refractivity contribution >= 4 is 5.91 Å². The lowest BCUT2D eigenvalue weighted by atomic mass is 10.0. The molecule has 1 fully saturated rings. The number of aryl methyl sites for hydroxylation is 1. The van der Waals surface area contributed by atoms with Gasteiger partial charge in [0.05, 0.1) is 6.10 Å². The average Bonchev–Trinajstić information content (AvgIpc) is 3.24. The van der Waals surface area contributed by atoms with Crippen molar-refractivity contribution in [1.29, 1.82) is 0 Å². The number of carbonyl (C=O) groups is 1. The van der Waals surface area contributed by atoms with E-state index in [1.165, 1.54) is 0 Å². The van der Waals surface area contributed by atoms with Gasteiger partial charge in [0.15, 0.2) is 5.69 Å². The highest BCUT2D eigenvalue weighted by Crippen LogP contribution is 2.40. The molecule has 1 heterocycles. The van der Waals surface area contributed by atoms with Crippen LogP contribution < -0.4 is 5.32 Å². The minimum absolute atomic E-state index is 0.167. The average molecular weight is 314 g/mol. The van der Waals surface area contributed by atoms with Crippen molar-refractivity contribution < 1.29 is 14.4 Å². The molecule has 23 heavy (non-hydrogen) atoms. The minimum atomic E-state index is -0.606. The third-order valence-corrected chi connectivity index (χ3v) is 4.16. The van der Waals surface area contributed by atoms with Gasteiger partial charge < -0.3 is 14.9 Å². The summed E-state index contributed by atoms with van der Waals surface area (Å²) in [6.07, 6.45) is 2.05. The van der Waals surface area contributed by atoms with Gasteiger partial charge in [-0.15, -0.1) is 0 Å². The second-order valence-electron chi connectivity index (χ2n) is 6.43. The number of benzene rings is 1. The van der Waals surface area contributed by atoms with Crippen molar-refractivity contribution in [3.63, 3.8) is 0 Å². The van der Waals surface area contributed by atoms with Gasteiger partial charge in [0.25, 0.3) is 5.91 Å². The summed E-state index contributed by atoms with van der Waals surface area (Å²) in [7, 11) is 0. The summed E-state index contributed by atoms with van der Waals surface area (Å²) >= 11 is 0. The van der Waals surface area contributed by atoms with Crippen molar-refractivity contribution in [3.8, 4) is 0 Å². The van der Waals surface area contributed by atoms with Crippen molar-refractivity contribution in [1.82, 2.24) is 10.5 Å². The number of aliphatic hydroxyl groups is 1. The van der Waals surface area contributed by atoms with Gasteiger partial charge in [0.1, 0.15) is 5.76 Å². The standard InChI is InChI=1S/C18H22N2O3/c1-11-3-5-13(6-4-11)16(21)9-12(2)19-18(22)15-10-17(23-20-15)14-7-8-14/h3-6,10,12,14,16,21H,7-9H2,1-2H3,(H,19,22)/t12-,16-/m0/s1. The van der Waals surface area contributed by atoms with Crippen molar-refractivity contribution in [2.45, 2.75) is 51.2 Å². The molecule has 3 rings (SSSR count). The molecular weight excluding hydrogens is 292 g/mol. The third kappa shape index (κ3) is 3.99. The SMILES string of the molecule is Cc1ccc([C@@H](O)C[C@H](C)NC(=O)c2cc(C3CC3)on2)cc1. The number of hydrogen-bond acceptors (Lipinski definition) is 4. The van der Waals surface area contributed by atoms with E-state index < -0.39 is 6.10 Å². The molecule has 2 aromatic rings. The lowest BCUT2D eigenvalue weighted by Crippen LogP contribution is -2.34. The fraction of sp³-hybridized carbons (Fsp3) is 0.444. The first-order valence-corrected chi connectivity index (χ1v) is 8.05. The minimum Gasteiger partial charge on any atom is -0.388 e. The second-order valence-corrected chi connectivity index (χ2v) is 6.43. The van der Waals surface area contributed by atoms with Crippen molar-refractivity contribution in [3.05, 3.63) is 52.9 Å². The Morgan fingerprint density at radius 3 is 2.74 bits per heavy atom. The lowest BCUT2D eigenvalue weighted by Gasteiger charge is -2.17. The first-order chi connectivity index (χ1) is 11.0. The largest absolute Gasteiger partial charge is 0.388 e. The molecule has 0 aliphatic heterocycles. The Hall–Kier alpha value is -2.14. The van der Waals surface area contributed by atoms with E-state index in [-0.39, 0.29) is 11.9 Å². The fourth-order valence-electron chi connectivity index (χ4n) is 2.57. The molecule has 0 saturated heterocycles. The molecule has 1 aliphatic rings. The van der Waals surface area contributed by atoms with Gasteiger partial charge in [-0.3, -0.25) is 4.79 Å². The Bertz CT molecular complexity index is 674. The molecule has 122 valence electrons. The molecule has 1 saturated carbocycles. The van der Waals surface area contributed by atoms with Crippen LogP contribution in [0.2, 0.25) is 0 Å². The molecule has 0 radical (unpaired) electrons. The van der Waals surface area contributed by atoms with E-state index in [0.717, 1.165) is 29.7 Å². The summed E-state index contributed by atoms with van der Waals surface area (Å²) in [5.41, 5.74) is 2.32. The van der Waals surface area contributed by atoms with E-state index in [1.54, 1.807) is 6.07 Å². The van der Waals surface area contributed by atoms with Gasteiger partial charge in [0.2, 0.25) is 0 Å². The Morgan fingerprint density at radius 1 is 1.39 bits per heavy atom. The van der Waals surface area contributed by atoms with Crippen LogP contribution in [-0.2, 0) is 0 Å². The summed E-state index contributed by atoms with van der Waals surface area (Å²) in [4.78, 5) is 12.2. The molecule has 1 aromatic heterocycles. The van der Waals surface area contributed by atoms with Crippen LogP contribution in [0.1, 0.15) is 65.6 Å². The van der Waals surface area contributed by atoms with Crippen molar-refractivity contribution in [2.75, 3.05) is 0 Å². The molecular formula is C18H22N2O3. The predicted octanol–water partition coefficient (Wildman–Crippen LogP) is 3.10. The van der Waals surface area contributed by atoms with E-state index in [2.05, 4.69) is 10.5 Å². The Labute approximate surface area is 135 Å². The molecule has 5 nitrogen and oxygen atoms in total. The lowest BCUT2D eigenvalue weighted by molar-refractivity contribution is 0.0908. The van der Waals surface area contributed by atoms with Crippen LogP contribution in [0.15, 0.2) is 34.9 Å². The maximum absolute atomic E-state index is 12.2. The van der Waals surface area contributed by atoms with Gasteiger partial charge in [-0.1, -0.05) is 35.0 Å². The van der Waals surface area contributed by atoms with Crippen LogP contribution in [0.3, 0.4) is 0 Å². The zero-order valence-corrected chi connectivity index (χ0v) is 13.5. The van der Waals surface area contributed by atoms with E-state index in [4.69, 9.17) is 4.52 Å². The summed E-state index contributed by atoms with van der Waals surface area (Å²) in [5.74, 6) is 0.969. The number of hydrogen-bond donors (Lipinski definition) is 2. The number of nitrogens with zero attached hydrogens (tertiary/aromatic N) is 1.